The molecule has 11 heteroatoms. The highest BCUT2D eigenvalue weighted by molar-refractivity contribution is 6.12. The van der Waals surface area contributed by atoms with Crippen LogP contribution in [0.5, 0.6) is 0 Å². The van der Waals surface area contributed by atoms with Crippen LogP contribution in [0.3, 0.4) is 0 Å². The molecule has 1 aromatic rings. The molecule has 1 aliphatic heterocycles. The number of carbonyl (C=O) groups excluding carboxylic acids is 6. The monoisotopic (exact) mass is 542 g/mol. The zero-order valence-electron chi connectivity index (χ0n) is 23.0. The number of esters is 1. The molecule has 1 unspecified atom stereocenters. The molecular weight excluding hydrogens is 504 g/mol. The van der Waals surface area contributed by atoms with E-state index in [1.807, 2.05) is 0 Å². The Balaban J connectivity index is 1.70. The second-order valence-corrected chi connectivity index (χ2v) is 9.99. The molecule has 2 rings (SSSR count). The summed E-state index contributed by atoms with van der Waals surface area (Å²) in [5.41, 5.74) is 1.30. The highest BCUT2D eigenvalue weighted by Gasteiger charge is 2.25. The van der Waals surface area contributed by atoms with Crippen molar-refractivity contribution in [2.24, 2.45) is 11.8 Å². The van der Waals surface area contributed by atoms with Crippen LogP contribution >= 0.6 is 0 Å². The largest absolute Gasteiger partial charge is 0.461 e. The van der Waals surface area contributed by atoms with Gasteiger partial charge in [0.05, 0.1) is 12.5 Å². The molecule has 1 atom stereocenters. The Kier molecular flexibility index (Phi) is 12.3. The van der Waals surface area contributed by atoms with Gasteiger partial charge in [0.1, 0.15) is 12.6 Å². The van der Waals surface area contributed by atoms with Crippen molar-refractivity contribution in [1.29, 1.82) is 0 Å². The number of amides is 5. The second-order valence-electron chi connectivity index (χ2n) is 9.99. The van der Waals surface area contributed by atoms with Gasteiger partial charge in [-0.05, 0) is 36.5 Å². The van der Waals surface area contributed by atoms with E-state index in [2.05, 4.69) is 16.0 Å². The van der Waals surface area contributed by atoms with E-state index < -0.39 is 17.9 Å². The van der Waals surface area contributed by atoms with E-state index in [4.69, 9.17) is 4.74 Å². The van der Waals surface area contributed by atoms with Crippen molar-refractivity contribution in [1.82, 2.24) is 15.5 Å². The topological polar surface area (TPSA) is 151 Å². The third-order valence-electron chi connectivity index (χ3n) is 5.97. The summed E-state index contributed by atoms with van der Waals surface area (Å²) in [5, 5.41) is 7.97. The van der Waals surface area contributed by atoms with E-state index in [0.717, 1.165) is 10.5 Å². The van der Waals surface area contributed by atoms with E-state index in [9.17, 15) is 28.8 Å². The lowest BCUT2D eigenvalue weighted by Gasteiger charge is -2.21. The highest BCUT2D eigenvalue weighted by atomic mass is 16.5. The van der Waals surface area contributed by atoms with Crippen molar-refractivity contribution in [2.75, 3.05) is 18.4 Å². The summed E-state index contributed by atoms with van der Waals surface area (Å²) in [6.07, 6.45) is 4.46. The van der Waals surface area contributed by atoms with E-state index in [-0.39, 0.29) is 55.1 Å². The third-order valence-corrected chi connectivity index (χ3v) is 5.97. The van der Waals surface area contributed by atoms with Crippen LogP contribution in [-0.4, -0.2) is 59.5 Å². The van der Waals surface area contributed by atoms with Crippen LogP contribution in [0.25, 0.3) is 0 Å². The van der Waals surface area contributed by atoms with E-state index in [1.54, 1.807) is 52.0 Å². The van der Waals surface area contributed by atoms with E-state index >= 15 is 0 Å². The van der Waals surface area contributed by atoms with Crippen LogP contribution in [0, 0.1) is 11.8 Å². The fraction of sp³-hybridized carbons (Fsp3) is 0.500. The van der Waals surface area contributed by atoms with E-state index in [0.29, 0.717) is 31.5 Å². The van der Waals surface area contributed by atoms with Gasteiger partial charge >= 0.3 is 5.97 Å². The Morgan fingerprint density at radius 2 is 1.51 bits per heavy atom. The van der Waals surface area contributed by atoms with Crippen LogP contribution in [0.1, 0.15) is 58.9 Å². The Bertz CT molecular complexity index is 1060. The molecule has 3 N–H and O–H groups in total. The number of imide groups is 1. The van der Waals surface area contributed by atoms with Gasteiger partial charge < -0.3 is 20.7 Å². The van der Waals surface area contributed by atoms with Gasteiger partial charge in [-0.3, -0.25) is 33.7 Å². The number of rotatable bonds is 15. The molecule has 0 fully saturated rings. The van der Waals surface area contributed by atoms with Crippen LogP contribution in [0.2, 0.25) is 0 Å². The normalized spacial score (nSPS) is 13.5. The lowest BCUT2D eigenvalue weighted by molar-refractivity contribution is -0.148. The fourth-order valence-corrected chi connectivity index (χ4v) is 3.65. The smallest absolute Gasteiger partial charge is 0.308 e. The number of nitrogens with zero attached hydrogens (tertiary/aromatic N) is 1. The molecule has 11 nitrogen and oxygen atoms in total. The van der Waals surface area contributed by atoms with Crippen LogP contribution in [0.4, 0.5) is 5.69 Å². The van der Waals surface area contributed by atoms with Gasteiger partial charge in [0.2, 0.25) is 17.7 Å². The lowest BCUT2D eigenvalue weighted by Crippen LogP contribution is -2.51. The molecule has 0 saturated heterocycles. The van der Waals surface area contributed by atoms with Gasteiger partial charge in [-0.25, -0.2) is 0 Å². The van der Waals surface area contributed by atoms with Gasteiger partial charge in [-0.2, -0.15) is 0 Å². The maximum atomic E-state index is 12.7. The molecule has 1 heterocycles. The maximum Gasteiger partial charge on any atom is 0.308 e. The minimum atomic E-state index is -0.802. The summed E-state index contributed by atoms with van der Waals surface area (Å²) >= 11 is 0. The third kappa shape index (κ3) is 10.7. The molecule has 0 radical (unpaired) electrons. The lowest BCUT2D eigenvalue weighted by atomic mass is 10.0. The highest BCUT2D eigenvalue weighted by Crippen LogP contribution is 2.12. The van der Waals surface area contributed by atoms with Gasteiger partial charge in [-0.15, -0.1) is 0 Å². The SMILES string of the molecule is CC(C)C(=O)OCc1ccc(NC(=O)CNC(=O)C(NC(=O)CCCCCN2C(=O)C=CC2=O)C(C)C)cc1. The number of hydrogen-bond acceptors (Lipinski definition) is 7. The van der Waals surface area contributed by atoms with Gasteiger partial charge in [0.15, 0.2) is 0 Å². The zero-order chi connectivity index (χ0) is 28.9. The molecule has 0 spiro atoms. The predicted molar refractivity (Wildman–Crippen MR) is 144 cm³/mol. The molecule has 39 heavy (non-hydrogen) atoms. The quantitative estimate of drug-likeness (QED) is 0.174. The summed E-state index contributed by atoms with van der Waals surface area (Å²) in [7, 11) is 0. The van der Waals surface area contributed by atoms with Crippen molar-refractivity contribution in [3.63, 3.8) is 0 Å². The van der Waals surface area contributed by atoms with Crippen molar-refractivity contribution in [3.8, 4) is 0 Å². The number of carbonyl (C=O) groups is 6. The maximum absolute atomic E-state index is 12.7. The molecule has 0 saturated carbocycles. The van der Waals surface area contributed by atoms with Crippen molar-refractivity contribution >= 4 is 41.2 Å². The molecule has 1 aromatic carbocycles. The Hall–Kier alpha value is -4.02. The van der Waals surface area contributed by atoms with Crippen LogP contribution in [-0.2, 0) is 40.1 Å². The first-order chi connectivity index (χ1) is 18.5. The number of nitrogens with one attached hydrogen (secondary N) is 3. The summed E-state index contributed by atoms with van der Waals surface area (Å²) < 4.78 is 5.17. The number of anilines is 1. The number of ether oxygens (including phenoxy) is 1. The summed E-state index contributed by atoms with van der Waals surface area (Å²) in [6, 6.07) is 6.01. The van der Waals surface area contributed by atoms with Gasteiger partial charge in [0, 0.05) is 30.8 Å². The molecule has 1 aliphatic rings. The first-order valence-electron chi connectivity index (χ1n) is 13.1. The van der Waals surface area contributed by atoms with Gasteiger partial charge in [-0.1, -0.05) is 46.2 Å². The molecular formula is C28H38N4O7. The Morgan fingerprint density at radius 3 is 2.10 bits per heavy atom. The number of unbranched alkanes of at least 4 members (excludes halogenated alkanes) is 2. The predicted octanol–water partition coefficient (Wildman–Crippen LogP) is 2.07. The first-order valence-corrected chi connectivity index (χ1v) is 13.1. The minimum Gasteiger partial charge on any atom is -0.461 e. The number of hydrogen-bond donors (Lipinski definition) is 3. The van der Waals surface area contributed by atoms with Crippen molar-refractivity contribution in [3.05, 3.63) is 42.0 Å². The van der Waals surface area contributed by atoms with Crippen LogP contribution in [0.15, 0.2) is 36.4 Å². The molecule has 5 amide bonds. The summed E-state index contributed by atoms with van der Waals surface area (Å²) in [5.74, 6) is -2.53. The first kappa shape index (κ1) is 31.2. The second kappa shape index (κ2) is 15.4. The summed E-state index contributed by atoms with van der Waals surface area (Å²) in [4.78, 5) is 73.2. The van der Waals surface area contributed by atoms with Crippen LogP contribution < -0.4 is 16.0 Å². The molecule has 0 bridgehead atoms. The molecule has 0 aromatic heterocycles. The van der Waals surface area contributed by atoms with Crippen molar-refractivity contribution in [2.45, 2.75) is 66.0 Å². The standard InChI is InChI=1S/C28H38N4O7/c1-18(2)26(31-22(33)8-6-5-7-15-32-24(35)13-14-25(32)36)27(37)29-16-23(34)30-21-11-9-20(10-12-21)17-39-28(38)19(3)4/h9-14,18-19,26H,5-8,15-17H2,1-4H3,(H,29,37)(H,30,34)(H,31,33). The molecule has 0 aliphatic carbocycles. The summed E-state index contributed by atoms with van der Waals surface area (Å²) in [6.45, 7) is 7.28. The minimum absolute atomic E-state index is 0.141. The van der Waals surface area contributed by atoms with E-state index in [1.165, 1.54) is 12.2 Å². The van der Waals surface area contributed by atoms with Gasteiger partial charge in [0.25, 0.3) is 11.8 Å². The molecule has 212 valence electrons. The Labute approximate surface area is 228 Å². The number of benzene rings is 1. The average Bonchev–Trinajstić information content (AvgIpc) is 3.21. The Morgan fingerprint density at radius 1 is 0.872 bits per heavy atom. The zero-order valence-corrected chi connectivity index (χ0v) is 23.0. The fourth-order valence-electron chi connectivity index (χ4n) is 3.65. The van der Waals surface area contributed by atoms with Crippen molar-refractivity contribution < 1.29 is 33.5 Å². The average molecular weight is 543 g/mol.